The highest BCUT2D eigenvalue weighted by molar-refractivity contribution is 7.14. The molecule has 0 amide bonds. The summed E-state index contributed by atoms with van der Waals surface area (Å²) in [5, 5.41) is 22.5. The summed E-state index contributed by atoms with van der Waals surface area (Å²) >= 11 is 1.65. The van der Waals surface area contributed by atoms with Crippen LogP contribution in [0.1, 0.15) is 48.7 Å². The third-order valence-corrected chi connectivity index (χ3v) is 8.54. The van der Waals surface area contributed by atoms with Crippen molar-refractivity contribution in [1.82, 2.24) is 35.0 Å². The van der Waals surface area contributed by atoms with E-state index < -0.39 is 0 Å². The molecule has 8 nitrogen and oxygen atoms in total. The lowest BCUT2D eigenvalue weighted by Crippen LogP contribution is -2.41. The van der Waals surface area contributed by atoms with E-state index >= 15 is 0 Å². The number of hydrogen-bond acceptors (Lipinski definition) is 8. The summed E-state index contributed by atoms with van der Waals surface area (Å²) in [5.74, 6) is 1.18. The highest BCUT2D eigenvalue weighted by Gasteiger charge is 2.21. The molecule has 9 heteroatoms. The fraction of sp³-hybridized carbons (Fsp3) is 0.333. The van der Waals surface area contributed by atoms with Crippen LogP contribution in [0.3, 0.4) is 0 Å². The van der Waals surface area contributed by atoms with Gasteiger partial charge in [0.15, 0.2) is 5.82 Å². The van der Waals surface area contributed by atoms with Crippen molar-refractivity contribution in [2.24, 2.45) is 0 Å². The predicted octanol–water partition coefficient (Wildman–Crippen LogP) is 5.87. The van der Waals surface area contributed by atoms with Crippen LogP contribution in [0.15, 0.2) is 73.2 Å². The van der Waals surface area contributed by atoms with Crippen LogP contribution in [0.5, 0.6) is 0 Å². The Labute approximate surface area is 233 Å². The molecule has 0 spiro atoms. The maximum Gasteiger partial charge on any atom is 0.158 e. The third kappa shape index (κ3) is 6.00. The fourth-order valence-corrected chi connectivity index (χ4v) is 5.92. The van der Waals surface area contributed by atoms with Crippen molar-refractivity contribution in [3.63, 3.8) is 0 Å². The zero-order valence-electron chi connectivity index (χ0n) is 22.4. The van der Waals surface area contributed by atoms with Gasteiger partial charge in [-0.2, -0.15) is 5.10 Å². The minimum Gasteiger partial charge on any atom is -0.338 e. The minimum atomic E-state index is 0.371. The Morgan fingerprint density at radius 1 is 1.00 bits per heavy atom. The molecule has 0 radical (unpaired) electrons. The van der Waals surface area contributed by atoms with Crippen LogP contribution in [-0.2, 0) is 13.1 Å². The Kier molecular flexibility index (Phi) is 7.62. The highest BCUT2D eigenvalue weighted by Crippen LogP contribution is 2.31. The van der Waals surface area contributed by atoms with Gasteiger partial charge in [-0.05, 0) is 55.3 Å². The summed E-state index contributed by atoms with van der Waals surface area (Å²) in [6.45, 7) is 8.24. The van der Waals surface area contributed by atoms with Crippen LogP contribution in [0.4, 0.5) is 11.5 Å². The first kappa shape index (κ1) is 25.6. The molecule has 0 atom stereocenters. The first-order valence-electron chi connectivity index (χ1n) is 13.6. The summed E-state index contributed by atoms with van der Waals surface area (Å²) in [6.07, 6.45) is 5.93. The van der Waals surface area contributed by atoms with Crippen molar-refractivity contribution in [1.29, 1.82) is 0 Å². The first-order valence-corrected chi connectivity index (χ1v) is 14.5. The van der Waals surface area contributed by atoms with Gasteiger partial charge in [0.25, 0.3) is 0 Å². The molecule has 1 saturated heterocycles. The second-order valence-electron chi connectivity index (χ2n) is 10.5. The highest BCUT2D eigenvalue weighted by atomic mass is 32.1. The molecule has 2 aromatic carbocycles. The molecule has 0 unspecified atom stereocenters. The smallest absolute Gasteiger partial charge is 0.158 e. The van der Waals surface area contributed by atoms with E-state index in [1.165, 1.54) is 11.1 Å². The maximum absolute atomic E-state index is 4.63. The van der Waals surface area contributed by atoms with Crippen molar-refractivity contribution in [2.45, 2.75) is 51.7 Å². The molecule has 6 rings (SSSR count). The Bertz CT molecular complexity index is 1520. The molecule has 4 heterocycles. The number of aromatic nitrogens is 5. The molecule has 1 aliphatic rings. The fourth-order valence-electron chi connectivity index (χ4n) is 5.08. The van der Waals surface area contributed by atoms with E-state index in [4.69, 9.17) is 0 Å². The molecule has 200 valence electrons. The van der Waals surface area contributed by atoms with E-state index in [0.717, 1.165) is 71.6 Å². The number of benzene rings is 2. The number of nitrogens with one attached hydrogen (secondary N) is 2. The number of fused-ring (bicyclic) bond motifs is 1. The molecule has 2 N–H and O–H groups in total. The summed E-state index contributed by atoms with van der Waals surface area (Å²) in [5.41, 5.74) is 5.61. The lowest BCUT2D eigenvalue weighted by Gasteiger charge is -2.32. The summed E-state index contributed by atoms with van der Waals surface area (Å²) < 4.78 is 1.92. The van der Waals surface area contributed by atoms with Crippen molar-refractivity contribution in [3.05, 3.63) is 89.3 Å². The van der Waals surface area contributed by atoms with Crippen LogP contribution in [0.2, 0.25) is 0 Å². The molecular weight excluding hydrogens is 504 g/mol. The number of rotatable bonds is 9. The SMILES string of the molecule is CC(C)c1nnc(-c2cccc(Nc3ncnn4ccc(CN5CCC(NCc6ccccc6)CC5)c34)c2)s1. The standard InChI is InChI=1S/C30H34N8S/c1-21(2)29-35-36-30(39-29)23-9-6-10-26(17-23)34-28-27-24(11-16-38(27)33-20-32-28)19-37-14-12-25(13-15-37)31-18-22-7-4-3-5-8-22/h3-11,16-17,20-21,25,31H,12-15,18-19H2,1-2H3,(H,32,33,34). The summed E-state index contributed by atoms with van der Waals surface area (Å²) in [7, 11) is 0. The Balaban J connectivity index is 1.13. The van der Waals surface area contributed by atoms with Crippen molar-refractivity contribution in [3.8, 4) is 10.6 Å². The van der Waals surface area contributed by atoms with Gasteiger partial charge in [0, 0.05) is 42.5 Å². The zero-order valence-corrected chi connectivity index (χ0v) is 23.2. The number of hydrogen-bond donors (Lipinski definition) is 2. The molecule has 0 aliphatic carbocycles. The number of likely N-dealkylation sites (tertiary alicyclic amines) is 1. The van der Waals surface area contributed by atoms with Gasteiger partial charge >= 0.3 is 0 Å². The number of piperidine rings is 1. The van der Waals surface area contributed by atoms with Crippen molar-refractivity contribution in [2.75, 3.05) is 18.4 Å². The third-order valence-electron chi connectivity index (χ3n) is 7.26. The maximum atomic E-state index is 4.63. The van der Waals surface area contributed by atoms with Crippen LogP contribution in [0.25, 0.3) is 16.1 Å². The molecular formula is C30H34N8S. The Morgan fingerprint density at radius 3 is 2.64 bits per heavy atom. The van der Waals surface area contributed by atoms with Gasteiger partial charge in [0.2, 0.25) is 0 Å². The van der Waals surface area contributed by atoms with Crippen molar-refractivity contribution >= 4 is 28.4 Å². The molecule has 0 saturated carbocycles. The molecule has 5 aromatic rings. The van der Waals surface area contributed by atoms with Gasteiger partial charge in [0.05, 0.1) is 0 Å². The minimum absolute atomic E-state index is 0.371. The monoisotopic (exact) mass is 538 g/mol. The van der Waals surface area contributed by atoms with E-state index in [1.807, 2.05) is 16.8 Å². The molecule has 1 aliphatic heterocycles. The van der Waals surface area contributed by atoms with Gasteiger partial charge in [-0.25, -0.2) is 9.50 Å². The van der Waals surface area contributed by atoms with Gasteiger partial charge < -0.3 is 10.6 Å². The van der Waals surface area contributed by atoms with E-state index in [0.29, 0.717) is 12.0 Å². The zero-order chi connectivity index (χ0) is 26.6. The normalized spacial score (nSPS) is 14.8. The lowest BCUT2D eigenvalue weighted by atomic mass is 10.0. The Hall–Kier alpha value is -3.66. The molecule has 0 bridgehead atoms. The van der Waals surface area contributed by atoms with E-state index in [-0.39, 0.29) is 0 Å². The molecule has 39 heavy (non-hydrogen) atoms. The molecule has 3 aromatic heterocycles. The van der Waals surface area contributed by atoms with Crippen molar-refractivity contribution < 1.29 is 0 Å². The van der Waals surface area contributed by atoms with Crippen LogP contribution in [0, 0.1) is 0 Å². The summed E-state index contributed by atoms with van der Waals surface area (Å²) in [4.78, 5) is 7.16. The summed E-state index contributed by atoms with van der Waals surface area (Å²) in [6, 6.07) is 21.7. The van der Waals surface area contributed by atoms with E-state index in [2.05, 4.69) is 104 Å². The average Bonchev–Trinajstić information content (AvgIpc) is 3.62. The van der Waals surface area contributed by atoms with Gasteiger partial charge in [0.1, 0.15) is 21.9 Å². The Morgan fingerprint density at radius 2 is 1.85 bits per heavy atom. The first-order chi connectivity index (χ1) is 19.1. The largest absolute Gasteiger partial charge is 0.338 e. The number of nitrogens with zero attached hydrogens (tertiary/aromatic N) is 6. The van der Waals surface area contributed by atoms with Crippen LogP contribution in [-0.4, -0.2) is 48.8 Å². The average molecular weight is 539 g/mol. The van der Waals surface area contributed by atoms with Crippen LogP contribution >= 0.6 is 11.3 Å². The second kappa shape index (κ2) is 11.6. The quantitative estimate of drug-likeness (QED) is 0.243. The number of anilines is 2. The van der Waals surface area contributed by atoms with Gasteiger partial charge in [-0.1, -0.05) is 67.6 Å². The van der Waals surface area contributed by atoms with Crippen LogP contribution < -0.4 is 10.6 Å². The molecule has 1 fully saturated rings. The van der Waals surface area contributed by atoms with E-state index in [1.54, 1.807) is 17.7 Å². The van der Waals surface area contributed by atoms with E-state index in [9.17, 15) is 0 Å². The lowest BCUT2D eigenvalue weighted by molar-refractivity contribution is 0.190. The second-order valence-corrected chi connectivity index (χ2v) is 11.5. The van der Waals surface area contributed by atoms with Gasteiger partial charge in [-0.3, -0.25) is 4.90 Å². The topological polar surface area (TPSA) is 83.3 Å². The van der Waals surface area contributed by atoms with Gasteiger partial charge in [-0.15, -0.1) is 10.2 Å². The predicted molar refractivity (Wildman–Crippen MR) is 157 cm³/mol.